The summed E-state index contributed by atoms with van der Waals surface area (Å²) in [5, 5.41) is 0. The van der Waals surface area contributed by atoms with Crippen LogP contribution in [0.1, 0.15) is 49.4 Å². The van der Waals surface area contributed by atoms with E-state index in [1.807, 2.05) is 6.92 Å². The van der Waals surface area contributed by atoms with E-state index in [1.54, 1.807) is 0 Å². The standard InChI is InChI=1S/C29H31N3/c1-22-17-18-29(2,31-22)28-12-6-11-27(30-28)25-15-13-24(14-16-25)26-10-7-19-32(21-26)20-23-8-4-3-5-9-23/h3-6,8-9,11-18,26H,7,10,19-21H2,1-2H3. The van der Waals surface area contributed by atoms with Gasteiger partial charge in [-0.15, -0.1) is 0 Å². The summed E-state index contributed by atoms with van der Waals surface area (Å²) in [5.74, 6) is 0.598. The normalized spacial score (nSPS) is 23.3. The van der Waals surface area contributed by atoms with Gasteiger partial charge in [0.15, 0.2) is 0 Å². The van der Waals surface area contributed by atoms with E-state index in [0.717, 1.165) is 30.2 Å². The summed E-state index contributed by atoms with van der Waals surface area (Å²) in [5.41, 5.74) is 6.71. The van der Waals surface area contributed by atoms with Crippen LogP contribution < -0.4 is 0 Å². The lowest BCUT2D eigenvalue weighted by molar-refractivity contribution is 0.200. The predicted octanol–water partition coefficient (Wildman–Crippen LogP) is 6.37. The highest BCUT2D eigenvalue weighted by molar-refractivity contribution is 5.95. The Labute approximate surface area is 191 Å². The Morgan fingerprint density at radius 3 is 2.53 bits per heavy atom. The molecule has 0 bridgehead atoms. The van der Waals surface area contributed by atoms with Gasteiger partial charge in [0.25, 0.3) is 0 Å². The third kappa shape index (κ3) is 4.44. The number of pyridine rings is 1. The van der Waals surface area contributed by atoms with Gasteiger partial charge in [0.05, 0.1) is 11.4 Å². The molecule has 162 valence electrons. The monoisotopic (exact) mass is 421 g/mol. The Morgan fingerprint density at radius 1 is 0.969 bits per heavy atom. The van der Waals surface area contributed by atoms with Crippen LogP contribution in [0.3, 0.4) is 0 Å². The minimum atomic E-state index is -0.357. The molecule has 1 aromatic heterocycles. The number of rotatable bonds is 5. The molecule has 3 aromatic rings. The Balaban J connectivity index is 1.30. The molecule has 3 nitrogen and oxygen atoms in total. The zero-order chi connectivity index (χ0) is 22.0. The molecule has 1 saturated heterocycles. The molecular weight excluding hydrogens is 390 g/mol. The molecule has 32 heavy (non-hydrogen) atoms. The second-order valence-corrected chi connectivity index (χ2v) is 9.32. The van der Waals surface area contributed by atoms with Crippen molar-refractivity contribution in [1.29, 1.82) is 0 Å². The molecule has 2 atom stereocenters. The van der Waals surface area contributed by atoms with Crippen LogP contribution in [0.25, 0.3) is 11.3 Å². The highest BCUT2D eigenvalue weighted by Gasteiger charge is 2.27. The maximum atomic E-state index is 4.97. The van der Waals surface area contributed by atoms with Crippen LogP contribution in [-0.2, 0) is 12.1 Å². The van der Waals surface area contributed by atoms with Crippen molar-refractivity contribution in [1.82, 2.24) is 9.88 Å². The lowest BCUT2D eigenvalue weighted by atomic mass is 9.89. The molecule has 0 N–H and O–H groups in total. The van der Waals surface area contributed by atoms with Gasteiger partial charge in [0, 0.05) is 24.4 Å². The van der Waals surface area contributed by atoms with Crippen molar-refractivity contribution in [2.75, 3.05) is 13.1 Å². The van der Waals surface area contributed by atoms with Gasteiger partial charge >= 0.3 is 0 Å². The van der Waals surface area contributed by atoms with E-state index in [1.165, 1.54) is 36.1 Å². The van der Waals surface area contributed by atoms with Crippen molar-refractivity contribution in [3.63, 3.8) is 0 Å². The second kappa shape index (κ2) is 8.84. The van der Waals surface area contributed by atoms with Crippen LogP contribution in [0.4, 0.5) is 0 Å². The zero-order valence-corrected chi connectivity index (χ0v) is 19.0. The molecular formula is C29H31N3. The lowest BCUT2D eigenvalue weighted by Crippen LogP contribution is -2.33. The Hall–Kier alpha value is -3.04. The molecule has 2 unspecified atom stereocenters. The highest BCUT2D eigenvalue weighted by Crippen LogP contribution is 2.32. The molecule has 3 heterocycles. The lowest BCUT2D eigenvalue weighted by Gasteiger charge is -2.33. The first-order valence-electron chi connectivity index (χ1n) is 11.7. The second-order valence-electron chi connectivity index (χ2n) is 9.32. The third-order valence-corrected chi connectivity index (χ3v) is 6.76. The summed E-state index contributed by atoms with van der Waals surface area (Å²) < 4.78 is 0. The number of piperidine rings is 1. The first-order chi connectivity index (χ1) is 15.6. The van der Waals surface area contributed by atoms with Gasteiger partial charge in [-0.05, 0) is 74.6 Å². The molecule has 2 aromatic carbocycles. The van der Waals surface area contributed by atoms with Crippen molar-refractivity contribution in [3.8, 4) is 11.3 Å². The summed E-state index contributed by atoms with van der Waals surface area (Å²) in [6, 6.07) is 26.2. The number of likely N-dealkylation sites (tertiary alicyclic amines) is 1. The minimum absolute atomic E-state index is 0.357. The van der Waals surface area contributed by atoms with Crippen molar-refractivity contribution in [2.45, 2.75) is 44.7 Å². The van der Waals surface area contributed by atoms with Crippen LogP contribution in [0, 0.1) is 0 Å². The van der Waals surface area contributed by atoms with E-state index < -0.39 is 0 Å². The number of hydrogen-bond acceptors (Lipinski definition) is 3. The number of aliphatic imine (C=N–C) groups is 1. The number of aromatic nitrogens is 1. The van der Waals surface area contributed by atoms with Crippen LogP contribution in [0.15, 0.2) is 89.9 Å². The van der Waals surface area contributed by atoms with E-state index in [-0.39, 0.29) is 5.54 Å². The van der Waals surface area contributed by atoms with E-state index in [0.29, 0.717) is 5.92 Å². The number of benzene rings is 2. The molecule has 3 heteroatoms. The van der Waals surface area contributed by atoms with Gasteiger partial charge in [-0.2, -0.15) is 0 Å². The molecule has 0 radical (unpaired) electrons. The van der Waals surface area contributed by atoms with Gasteiger partial charge < -0.3 is 0 Å². The Kier molecular flexibility index (Phi) is 5.75. The van der Waals surface area contributed by atoms with Crippen LogP contribution in [0.2, 0.25) is 0 Å². The Morgan fingerprint density at radius 2 is 1.78 bits per heavy atom. The fourth-order valence-corrected chi connectivity index (χ4v) is 4.98. The largest absolute Gasteiger partial charge is 0.298 e. The average molecular weight is 422 g/mol. The van der Waals surface area contributed by atoms with Crippen molar-refractivity contribution < 1.29 is 0 Å². The molecule has 5 rings (SSSR count). The number of nitrogens with zero attached hydrogens (tertiary/aromatic N) is 3. The van der Waals surface area contributed by atoms with E-state index in [4.69, 9.17) is 9.98 Å². The smallest absolute Gasteiger partial charge is 0.118 e. The Bertz CT molecular complexity index is 1130. The quantitative estimate of drug-likeness (QED) is 0.478. The molecule has 0 amide bonds. The average Bonchev–Trinajstić information content (AvgIpc) is 3.20. The molecule has 2 aliphatic heterocycles. The fraction of sp³-hybridized carbons (Fsp3) is 0.310. The van der Waals surface area contributed by atoms with E-state index >= 15 is 0 Å². The molecule has 0 aliphatic carbocycles. The van der Waals surface area contributed by atoms with Crippen molar-refractivity contribution in [2.24, 2.45) is 4.99 Å². The summed E-state index contributed by atoms with van der Waals surface area (Å²) in [6.07, 6.45) is 6.74. The summed E-state index contributed by atoms with van der Waals surface area (Å²) in [4.78, 5) is 12.3. The van der Waals surface area contributed by atoms with Gasteiger partial charge in [0.2, 0.25) is 0 Å². The van der Waals surface area contributed by atoms with Crippen molar-refractivity contribution >= 4 is 5.71 Å². The van der Waals surface area contributed by atoms with Gasteiger partial charge in [0.1, 0.15) is 5.54 Å². The maximum absolute atomic E-state index is 4.97. The summed E-state index contributed by atoms with van der Waals surface area (Å²) in [7, 11) is 0. The van der Waals surface area contributed by atoms with E-state index in [9.17, 15) is 0 Å². The zero-order valence-electron chi connectivity index (χ0n) is 19.0. The first kappa shape index (κ1) is 20.8. The third-order valence-electron chi connectivity index (χ3n) is 6.76. The fourth-order valence-electron chi connectivity index (χ4n) is 4.98. The summed E-state index contributed by atoms with van der Waals surface area (Å²) >= 11 is 0. The predicted molar refractivity (Wildman–Crippen MR) is 133 cm³/mol. The summed E-state index contributed by atoms with van der Waals surface area (Å²) in [6.45, 7) is 7.52. The van der Waals surface area contributed by atoms with Gasteiger partial charge in [-0.1, -0.05) is 60.7 Å². The first-order valence-corrected chi connectivity index (χ1v) is 11.7. The SMILES string of the molecule is CC1=NC(C)(c2cccc(-c3ccc(C4CCCN(Cc5ccccc5)C4)cc3)n2)C=C1. The maximum Gasteiger partial charge on any atom is 0.118 e. The van der Waals surface area contributed by atoms with E-state index in [2.05, 4.69) is 96.8 Å². The number of allylic oxidation sites excluding steroid dienone is 1. The molecule has 0 spiro atoms. The van der Waals surface area contributed by atoms with Crippen LogP contribution in [0.5, 0.6) is 0 Å². The van der Waals surface area contributed by atoms with Gasteiger partial charge in [-0.25, -0.2) is 4.98 Å². The minimum Gasteiger partial charge on any atom is -0.298 e. The number of hydrogen-bond donors (Lipinski definition) is 0. The van der Waals surface area contributed by atoms with Crippen LogP contribution >= 0.6 is 0 Å². The van der Waals surface area contributed by atoms with Crippen LogP contribution in [-0.4, -0.2) is 28.7 Å². The van der Waals surface area contributed by atoms with Crippen molar-refractivity contribution in [3.05, 3.63) is 102 Å². The molecule has 1 fully saturated rings. The highest BCUT2D eigenvalue weighted by atomic mass is 15.1. The van der Waals surface area contributed by atoms with Gasteiger partial charge in [-0.3, -0.25) is 9.89 Å². The topological polar surface area (TPSA) is 28.5 Å². The molecule has 0 saturated carbocycles. The molecule has 2 aliphatic rings.